The summed E-state index contributed by atoms with van der Waals surface area (Å²) in [5, 5.41) is 16.8. The average molecular weight is 272 g/mol. The third kappa shape index (κ3) is 2.10. The molecule has 0 radical (unpaired) electrons. The van der Waals surface area contributed by atoms with Gasteiger partial charge in [0.25, 0.3) is 0 Å². The number of nitrogens with one attached hydrogen (secondary N) is 1. The number of aromatic nitrogens is 2. The Labute approximate surface area is 116 Å². The van der Waals surface area contributed by atoms with E-state index in [1.54, 1.807) is 0 Å². The van der Waals surface area contributed by atoms with Crippen LogP contribution in [0.3, 0.4) is 0 Å². The smallest absolute Gasteiger partial charge is 0.315 e. The molecule has 2 N–H and O–H groups in total. The van der Waals surface area contributed by atoms with Gasteiger partial charge in [-0.15, -0.1) is 0 Å². The van der Waals surface area contributed by atoms with Crippen molar-refractivity contribution in [1.29, 1.82) is 0 Å². The predicted molar refractivity (Wildman–Crippen MR) is 73.4 cm³/mol. The summed E-state index contributed by atoms with van der Waals surface area (Å²) in [4.78, 5) is 11.7. The second kappa shape index (κ2) is 5.09. The van der Waals surface area contributed by atoms with E-state index in [4.69, 9.17) is 4.74 Å². The van der Waals surface area contributed by atoms with E-state index in [2.05, 4.69) is 10.2 Å². The van der Waals surface area contributed by atoms with E-state index in [-0.39, 0.29) is 0 Å². The van der Waals surface area contributed by atoms with Crippen LogP contribution in [0.15, 0.2) is 36.4 Å². The number of nitrogens with zero attached hydrogens (tertiary/aromatic N) is 1. The molecule has 1 saturated heterocycles. The topological polar surface area (TPSA) is 75.2 Å². The molecule has 1 aromatic carbocycles. The summed E-state index contributed by atoms with van der Waals surface area (Å²) < 4.78 is 5.29. The summed E-state index contributed by atoms with van der Waals surface area (Å²) in [7, 11) is 0. The molecule has 20 heavy (non-hydrogen) atoms. The molecular formula is C15H16N2O3. The number of aliphatic carboxylic acids is 1. The number of hydrogen-bond donors (Lipinski definition) is 2. The van der Waals surface area contributed by atoms with Crippen LogP contribution in [0.4, 0.5) is 0 Å². The third-order valence-corrected chi connectivity index (χ3v) is 3.92. The summed E-state index contributed by atoms with van der Waals surface area (Å²) in [5.74, 6) is -0.816. The Morgan fingerprint density at radius 3 is 2.60 bits per heavy atom. The second-order valence-electron chi connectivity index (χ2n) is 5.03. The number of benzene rings is 1. The summed E-state index contributed by atoms with van der Waals surface area (Å²) in [6.07, 6.45) is 0.942. The highest BCUT2D eigenvalue weighted by molar-refractivity contribution is 5.81. The zero-order valence-corrected chi connectivity index (χ0v) is 11.0. The largest absolute Gasteiger partial charge is 0.481 e. The maximum Gasteiger partial charge on any atom is 0.315 e. The van der Waals surface area contributed by atoms with Crippen LogP contribution >= 0.6 is 0 Å². The van der Waals surface area contributed by atoms with Gasteiger partial charge in [-0.3, -0.25) is 9.89 Å². The van der Waals surface area contributed by atoms with E-state index in [9.17, 15) is 9.90 Å². The Kier molecular flexibility index (Phi) is 3.28. The molecule has 0 unspecified atom stereocenters. The SMILES string of the molecule is O=C(O)C1(c2cc(-c3ccccc3)n[nH]2)CCOCC1. The normalized spacial score (nSPS) is 17.8. The number of aromatic amines is 1. The zero-order valence-electron chi connectivity index (χ0n) is 11.0. The minimum atomic E-state index is -0.904. The fourth-order valence-corrected chi connectivity index (χ4v) is 2.64. The fourth-order valence-electron chi connectivity index (χ4n) is 2.64. The van der Waals surface area contributed by atoms with Gasteiger partial charge in [0.05, 0.1) is 11.4 Å². The Morgan fingerprint density at radius 1 is 1.25 bits per heavy atom. The molecule has 104 valence electrons. The maximum atomic E-state index is 11.7. The summed E-state index contributed by atoms with van der Waals surface area (Å²) >= 11 is 0. The number of hydrogen-bond acceptors (Lipinski definition) is 3. The van der Waals surface area contributed by atoms with Crippen molar-refractivity contribution in [3.05, 3.63) is 42.1 Å². The summed E-state index contributed by atoms with van der Waals surface area (Å²) in [5.41, 5.74) is 1.50. The first-order valence-corrected chi connectivity index (χ1v) is 6.65. The number of ether oxygens (including phenoxy) is 1. The lowest BCUT2D eigenvalue weighted by molar-refractivity contribution is -0.148. The molecule has 1 aliphatic rings. The van der Waals surface area contributed by atoms with Gasteiger partial charge in [0, 0.05) is 18.8 Å². The first kappa shape index (κ1) is 12.9. The predicted octanol–water partition coefficient (Wildman–Crippen LogP) is 2.21. The van der Waals surface area contributed by atoms with Gasteiger partial charge in [-0.25, -0.2) is 0 Å². The van der Waals surface area contributed by atoms with Crippen LogP contribution in [0.2, 0.25) is 0 Å². The zero-order chi connectivity index (χ0) is 14.0. The van der Waals surface area contributed by atoms with Gasteiger partial charge in [-0.1, -0.05) is 30.3 Å². The van der Waals surface area contributed by atoms with Crippen LogP contribution < -0.4 is 0 Å². The third-order valence-electron chi connectivity index (χ3n) is 3.92. The fraction of sp³-hybridized carbons (Fsp3) is 0.333. The molecule has 1 fully saturated rings. The molecule has 2 heterocycles. The van der Waals surface area contributed by atoms with Crippen LogP contribution in [-0.2, 0) is 14.9 Å². The monoisotopic (exact) mass is 272 g/mol. The minimum absolute atomic E-state index is 0.464. The first-order chi connectivity index (χ1) is 9.72. The van der Waals surface area contributed by atoms with Gasteiger partial charge >= 0.3 is 5.97 Å². The number of H-pyrrole nitrogens is 1. The maximum absolute atomic E-state index is 11.7. The van der Waals surface area contributed by atoms with Crippen LogP contribution in [-0.4, -0.2) is 34.5 Å². The number of carboxylic acids is 1. The molecule has 1 aliphatic heterocycles. The van der Waals surface area contributed by atoms with E-state index in [1.165, 1.54) is 0 Å². The van der Waals surface area contributed by atoms with E-state index >= 15 is 0 Å². The Balaban J connectivity index is 1.98. The van der Waals surface area contributed by atoms with E-state index in [0.717, 1.165) is 11.3 Å². The van der Waals surface area contributed by atoms with Crippen molar-refractivity contribution in [3.8, 4) is 11.3 Å². The van der Waals surface area contributed by atoms with E-state index < -0.39 is 11.4 Å². The average Bonchev–Trinajstić information content (AvgIpc) is 2.99. The van der Waals surface area contributed by atoms with Crippen molar-refractivity contribution in [1.82, 2.24) is 10.2 Å². The van der Waals surface area contributed by atoms with Crippen molar-refractivity contribution in [3.63, 3.8) is 0 Å². The molecular weight excluding hydrogens is 256 g/mol. The molecule has 5 nitrogen and oxygen atoms in total. The van der Waals surface area contributed by atoms with Crippen LogP contribution in [0.5, 0.6) is 0 Å². The lowest BCUT2D eigenvalue weighted by atomic mass is 9.77. The molecule has 5 heteroatoms. The molecule has 0 amide bonds. The highest BCUT2D eigenvalue weighted by Crippen LogP contribution is 2.35. The highest BCUT2D eigenvalue weighted by Gasteiger charge is 2.43. The lowest BCUT2D eigenvalue weighted by Gasteiger charge is -2.31. The molecule has 0 aliphatic carbocycles. The van der Waals surface area contributed by atoms with Crippen molar-refractivity contribution in [2.24, 2.45) is 0 Å². The molecule has 0 spiro atoms. The summed E-state index contributed by atoms with van der Waals surface area (Å²) in [6, 6.07) is 11.6. The highest BCUT2D eigenvalue weighted by atomic mass is 16.5. The van der Waals surface area contributed by atoms with Gasteiger partial charge in [0.15, 0.2) is 0 Å². The Morgan fingerprint density at radius 2 is 1.95 bits per heavy atom. The van der Waals surface area contributed by atoms with Crippen molar-refractivity contribution in [2.45, 2.75) is 18.3 Å². The lowest BCUT2D eigenvalue weighted by Crippen LogP contribution is -2.41. The van der Waals surface area contributed by atoms with Crippen LogP contribution in [0.25, 0.3) is 11.3 Å². The quantitative estimate of drug-likeness (QED) is 0.898. The standard InChI is InChI=1S/C15H16N2O3/c18-14(19)15(6-8-20-9-7-15)13-10-12(16-17-13)11-4-2-1-3-5-11/h1-5,10H,6-9H2,(H,16,17)(H,18,19). The Bertz CT molecular complexity index is 601. The number of carboxylic acid groups (broad SMARTS) is 1. The van der Waals surface area contributed by atoms with Crippen LogP contribution in [0.1, 0.15) is 18.5 Å². The molecule has 0 atom stereocenters. The Hall–Kier alpha value is -2.14. The van der Waals surface area contributed by atoms with Gasteiger partial charge in [0.1, 0.15) is 5.41 Å². The molecule has 0 bridgehead atoms. The first-order valence-electron chi connectivity index (χ1n) is 6.65. The number of carbonyl (C=O) groups is 1. The molecule has 0 saturated carbocycles. The van der Waals surface area contributed by atoms with Gasteiger partial charge in [-0.2, -0.15) is 5.10 Å². The number of rotatable bonds is 3. The van der Waals surface area contributed by atoms with Crippen molar-refractivity contribution >= 4 is 5.97 Å². The second-order valence-corrected chi connectivity index (χ2v) is 5.03. The van der Waals surface area contributed by atoms with Crippen molar-refractivity contribution < 1.29 is 14.6 Å². The van der Waals surface area contributed by atoms with E-state index in [0.29, 0.717) is 31.7 Å². The van der Waals surface area contributed by atoms with Gasteiger partial charge < -0.3 is 9.84 Å². The van der Waals surface area contributed by atoms with Gasteiger partial charge in [-0.05, 0) is 18.9 Å². The summed E-state index contributed by atoms with van der Waals surface area (Å²) in [6.45, 7) is 0.929. The van der Waals surface area contributed by atoms with Crippen molar-refractivity contribution in [2.75, 3.05) is 13.2 Å². The van der Waals surface area contributed by atoms with Crippen LogP contribution in [0, 0.1) is 0 Å². The molecule has 1 aromatic heterocycles. The van der Waals surface area contributed by atoms with Gasteiger partial charge in [0.2, 0.25) is 0 Å². The minimum Gasteiger partial charge on any atom is -0.481 e. The van der Waals surface area contributed by atoms with E-state index in [1.807, 2.05) is 36.4 Å². The molecule has 2 aromatic rings. The molecule has 3 rings (SSSR count).